The predicted molar refractivity (Wildman–Crippen MR) is 78.0 cm³/mol. The van der Waals surface area contributed by atoms with Gasteiger partial charge in [-0.1, -0.05) is 20.8 Å². The van der Waals surface area contributed by atoms with Gasteiger partial charge in [-0.15, -0.1) is 0 Å². The molecule has 1 atom stereocenters. The highest BCUT2D eigenvalue weighted by Crippen LogP contribution is 2.34. The Labute approximate surface area is 116 Å². The largest absolute Gasteiger partial charge is 0.494 e. The third-order valence-electron chi connectivity index (χ3n) is 3.26. The zero-order valence-corrected chi connectivity index (χ0v) is 12.2. The molecule has 1 aromatic rings. The number of rotatable bonds is 5. The van der Waals surface area contributed by atoms with E-state index in [1.807, 2.05) is 12.1 Å². The summed E-state index contributed by atoms with van der Waals surface area (Å²) in [5.74, 6) is 1.95. The lowest BCUT2D eigenvalue weighted by atomic mass is 10.0. The maximum Gasteiger partial charge on any atom is 0.124 e. The highest BCUT2D eigenvalue weighted by Gasteiger charge is 2.20. The monoisotopic (exact) mass is 263 g/mol. The Morgan fingerprint density at radius 3 is 3.00 bits per heavy atom. The van der Waals surface area contributed by atoms with Crippen LogP contribution in [0.25, 0.3) is 0 Å². The fraction of sp³-hybridized carbons (Fsp3) is 0.625. The van der Waals surface area contributed by atoms with E-state index in [2.05, 4.69) is 32.2 Å². The highest BCUT2D eigenvalue weighted by atomic mass is 16.5. The number of ether oxygens (including phenoxy) is 2. The van der Waals surface area contributed by atoms with Crippen molar-refractivity contribution < 1.29 is 9.47 Å². The van der Waals surface area contributed by atoms with Gasteiger partial charge in [-0.25, -0.2) is 0 Å². The van der Waals surface area contributed by atoms with Gasteiger partial charge in [-0.05, 0) is 37.5 Å². The molecular weight excluding hydrogens is 238 g/mol. The maximum absolute atomic E-state index is 5.82. The Bertz CT molecular complexity index is 404. The molecule has 1 aliphatic heterocycles. The summed E-state index contributed by atoms with van der Waals surface area (Å²) in [5.41, 5.74) is 1.24. The molecular formula is C16H25NO2. The molecule has 0 amide bonds. The molecule has 1 aliphatic rings. The summed E-state index contributed by atoms with van der Waals surface area (Å²) in [4.78, 5) is 0. The summed E-state index contributed by atoms with van der Waals surface area (Å²) in [6.07, 6.45) is 3.23. The van der Waals surface area contributed by atoms with Crippen LogP contribution in [-0.4, -0.2) is 19.3 Å². The normalized spacial score (nSPS) is 18.6. The van der Waals surface area contributed by atoms with Crippen LogP contribution in [0, 0.1) is 0 Å². The van der Waals surface area contributed by atoms with E-state index in [0.717, 1.165) is 44.0 Å². The Hall–Kier alpha value is -1.22. The van der Waals surface area contributed by atoms with Crippen LogP contribution in [0.4, 0.5) is 0 Å². The van der Waals surface area contributed by atoms with Crippen molar-refractivity contribution in [3.63, 3.8) is 0 Å². The van der Waals surface area contributed by atoms with E-state index in [4.69, 9.17) is 9.47 Å². The smallest absolute Gasteiger partial charge is 0.124 e. The molecule has 3 nitrogen and oxygen atoms in total. The topological polar surface area (TPSA) is 30.5 Å². The maximum atomic E-state index is 5.82. The molecule has 0 aromatic heterocycles. The average molecular weight is 263 g/mol. The summed E-state index contributed by atoms with van der Waals surface area (Å²) in [6.45, 7) is 8.06. The first kappa shape index (κ1) is 14.2. The van der Waals surface area contributed by atoms with Crippen LogP contribution < -0.4 is 14.8 Å². The molecule has 0 aliphatic carbocycles. The second-order valence-electron chi connectivity index (χ2n) is 5.41. The van der Waals surface area contributed by atoms with Crippen LogP contribution in [0.2, 0.25) is 0 Å². The van der Waals surface area contributed by atoms with Crippen LogP contribution >= 0.6 is 0 Å². The molecule has 0 bridgehead atoms. The molecule has 1 N–H and O–H groups in total. The number of nitrogens with one attached hydrogen (secondary N) is 1. The fourth-order valence-corrected chi connectivity index (χ4v) is 2.44. The minimum Gasteiger partial charge on any atom is -0.494 e. The summed E-state index contributed by atoms with van der Waals surface area (Å²) in [6, 6.07) is 7.02. The highest BCUT2D eigenvalue weighted by molar-refractivity contribution is 5.42. The van der Waals surface area contributed by atoms with Gasteiger partial charge in [0.2, 0.25) is 0 Å². The van der Waals surface area contributed by atoms with E-state index in [1.165, 1.54) is 5.56 Å². The van der Waals surface area contributed by atoms with E-state index in [1.54, 1.807) is 0 Å². The summed E-state index contributed by atoms with van der Waals surface area (Å²) in [7, 11) is 0. The molecule has 0 saturated carbocycles. The van der Waals surface area contributed by atoms with Gasteiger partial charge in [0.15, 0.2) is 0 Å². The fourth-order valence-electron chi connectivity index (χ4n) is 2.44. The van der Waals surface area contributed by atoms with E-state index in [9.17, 15) is 0 Å². The van der Waals surface area contributed by atoms with Gasteiger partial charge < -0.3 is 14.8 Å². The van der Waals surface area contributed by atoms with Crippen molar-refractivity contribution in [3.05, 3.63) is 23.8 Å². The Balaban J connectivity index is 2.22. The zero-order valence-electron chi connectivity index (χ0n) is 12.2. The summed E-state index contributed by atoms with van der Waals surface area (Å²) < 4.78 is 11.6. The molecule has 3 heteroatoms. The van der Waals surface area contributed by atoms with Crippen molar-refractivity contribution in [1.29, 1.82) is 0 Å². The quantitative estimate of drug-likeness (QED) is 0.879. The molecule has 0 spiro atoms. The van der Waals surface area contributed by atoms with Crippen molar-refractivity contribution in [2.45, 2.75) is 52.1 Å². The minimum absolute atomic E-state index is 0.364. The van der Waals surface area contributed by atoms with Gasteiger partial charge in [0, 0.05) is 17.6 Å². The van der Waals surface area contributed by atoms with Crippen molar-refractivity contribution in [3.8, 4) is 11.5 Å². The van der Waals surface area contributed by atoms with Crippen LogP contribution in [0.15, 0.2) is 18.2 Å². The summed E-state index contributed by atoms with van der Waals surface area (Å²) >= 11 is 0. The Morgan fingerprint density at radius 2 is 2.26 bits per heavy atom. The van der Waals surface area contributed by atoms with Crippen molar-refractivity contribution >= 4 is 0 Å². The molecule has 19 heavy (non-hydrogen) atoms. The van der Waals surface area contributed by atoms with E-state index in [-0.39, 0.29) is 0 Å². The Morgan fingerprint density at radius 1 is 1.42 bits per heavy atom. The third-order valence-corrected chi connectivity index (χ3v) is 3.26. The van der Waals surface area contributed by atoms with Crippen LogP contribution in [0.3, 0.4) is 0 Å². The number of hydrogen-bond donors (Lipinski definition) is 1. The molecule has 1 unspecified atom stereocenters. The summed E-state index contributed by atoms with van der Waals surface area (Å²) in [5, 5.41) is 3.63. The first-order valence-electron chi connectivity index (χ1n) is 7.36. The van der Waals surface area contributed by atoms with Gasteiger partial charge in [-0.3, -0.25) is 0 Å². The van der Waals surface area contributed by atoms with Gasteiger partial charge in [0.1, 0.15) is 11.5 Å². The third kappa shape index (κ3) is 3.87. The van der Waals surface area contributed by atoms with Gasteiger partial charge in [0.25, 0.3) is 0 Å². The van der Waals surface area contributed by atoms with Crippen molar-refractivity contribution in [2.24, 2.45) is 0 Å². The van der Waals surface area contributed by atoms with Gasteiger partial charge in [0.05, 0.1) is 13.2 Å². The lowest BCUT2D eigenvalue weighted by Crippen LogP contribution is -2.27. The predicted octanol–water partition coefficient (Wildman–Crippen LogP) is 3.69. The lowest BCUT2D eigenvalue weighted by molar-refractivity contribution is 0.309. The van der Waals surface area contributed by atoms with Crippen LogP contribution in [0.5, 0.6) is 11.5 Å². The second kappa shape index (κ2) is 6.80. The average Bonchev–Trinajstić information content (AvgIpc) is 2.58. The first-order valence-corrected chi connectivity index (χ1v) is 7.36. The Kier molecular flexibility index (Phi) is 5.08. The zero-order chi connectivity index (χ0) is 13.7. The SMILES string of the molecule is CCCOc1ccc2c(c1)C(NC(C)C)CCCO2. The van der Waals surface area contributed by atoms with E-state index in [0.29, 0.717) is 12.1 Å². The molecule has 0 saturated heterocycles. The van der Waals surface area contributed by atoms with Crippen molar-refractivity contribution in [2.75, 3.05) is 13.2 Å². The molecule has 0 fully saturated rings. The minimum atomic E-state index is 0.364. The molecule has 0 radical (unpaired) electrons. The molecule has 106 valence electrons. The van der Waals surface area contributed by atoms with Gasteiger partial charge in [-0.2, -0.15) is 0 Å². The van der Waals surface area contributed by atoms with Crippen LogP contribution in [-0.2, 0) is 0 Å². The first-order chi connectivity index (χ1) is 9.20. The lowest BCUT2D eigenvalue weighted by Gasteiger charge is -2.21. The van der Waals surface area contributed by atoms with Crippen molar-refractivity contribution in [1.82, 2.24) is 5.32 Å². The van der Waals surface area contributed by atoms with E-state index < -0.39 is 0 Å². The molecule has 1 aromatic carbocycles. The standard InChI is InChI=1S/C16H25NO2/c1-4-9-18-13-7-8-16-14(11-13)15(17-12(2)3)6-5-10-19-16/h7-8,11-12,15,17H,4-6,9-10H2,1-3H3. The number of benzene rings is 1. The number of fused-ring (bicyclic) bond motifs is 1. The van der Waals surface area contributed by atoms with E-state index >= 15 is 0 Å². The second-order valence-corrected chi connectivity index (χ2v) is 5.41. The number of hydrogen-bond acceptors (Lipinski definition) is 3. The van der Waals surface area contributed by atoms with Crippen LogP contribution in [0.1, 0.15) is 51.6 Å². The molecule has 1 heterocycles. The molecule has 2 rings (SSSR count). The van der Waals surface area contributed by atoms with Gasteiger partial charge >= 0.3 is 0 Å².